The highest BCUT2D eigenvalue weighted by Crippen LogP contribution is 2.35. The molecule has 7 heteroatoms. The molecule has 0 heterocycles. The third-order valence-corrected chi connectivity index (χ3v) is 9.64. The summed E-state index contributed by atoms with van der Waals surface area (Å²) in [6.45, 7) is 3.94. The normalized spacial score (nSPS) is 11.7. The third-order valence-electron chi connectivity index (χ3n) is 2.82. The van der Waals surface area contributed by atoms with Gasteiger partial charge in [0, 0.05) is 14.3 Å². The van der Waals surface area contributed by atoms with E-state index in [1.54, 1.807) is 0 Å². The first-order chi connectivity index (χ1) is 9.64. The van der Waals surface area contributed by atoms with Crippen molar-refractivity contribution in [3.8, 4) is 0 Å². The van der Waals surface area contributed by atoms with E-state index in [-0.39, 0.29) is 0 Å². The van der Waals surface area contributed by atoms with Crippen LogP contribution < -0.4 is 0 Å². The number of hydrogen-bond acceptors (Lipinski definition) is 2. The number of sulfone groups is 1. The highest BCUT2D eigenvalue weighted by Gasteiger charge is 2.28. The Balaban J connectivity index is 2.81. The molecule has 2 rings (SSSR count). The Labute approximate surface area is 179 Å². The first-order valence-electron chi connectivity index (χ1n) is 5.81. The SMILES string of the molecule is Cc1cc(I)c(S(=O)(=O)c2c(I)cc(C)cc2I)c(I)c1. The quantitative estimate of drug-likeness (QED) is 0.378. The summed E-state index contributed by atoms with van der Waals surface area (Å²) in [5.41, 5.74) is 2.13. The van der Waals surface area contributed by atoms with Gasteiger partial charge in [0.25, 0.3) is 0 Å². The van der Waals surface area contributed by atoms with Gasteiger partial charge < -0.3 is 0 Å². The molecule has 0 aliphatic carbocycles. The van der Waals surface area contributed by atoms with Crippen molar-refractivity contribution in [2.24, 2.45) is 0 Å². The summed E-state index contributed by atoms with van der Waals surface area (Å²) >= 11 is 8.42. The molecule has 0 aliphatic heterocycles. The number of rotatable bonds is 2. The molecule has 0 saturated heterocycles. The fourth-order valence-corrected chi connectivity index (χ4v) is 11.1. The summed E-state index contributed by atoms with van der Waals surface area (Å²) in [4.78, 5) is 0.822. The van der Waals surface area contributed by atoms with E-state index in [1.165, 1.54) is 0 Å². The van der Waals surface area contributed by atoms with Crippen LogP contribution in [-0.4, -0.2) is 8.42 Å². The topological polar surface area (TPSA) is 34.1 Å². The Hall–Kier alpha value is 1.31. The predicted octanol–water partition coefficient (Wildman–Crippen LogP) is 5.55. The Morgan fingerprint density at radius 3 is 1.14 bits per heavy atom. The second-order valence-electron chi connectivity index (χ2n) is 4.62. The van der Waals surface area contributed by atoms with E-state index in [4.69, 9.17) is 0 Å². The minimum atomic E-state index is -3.53. The number of benzene rings is 2. The Bertz CT molecular complexity index is 719. The maximum absolute atomic E-state index is 13.1. The largest absolute Gasteiger partial charge is 0.218 e. The number of halogens is 4. The van der Waals surface area contributed by atoms with Crippen LogP contribution >= 0.6 is 90.4 Å². The predicted molar refractivity (Wildman–Crippen MR) is 119 cm³/mol. The molecule has 21 heavy (non-hydrogen) atoms. The zero-order valence-electron chi connectivity index (χ0n) is 11.0. The summed E-state index contributed by atoms with van der Waals surface area (Å²) in [6.07, 6.45) is 0. The standard InChI is InChI=1S/C14H10I4O2S/c1-7-3-9(15)13(10(16)4-7)21(19,20)14-11(17)5-8(2)6-12(14)18/h3-6H,1-2H3. The summed E-state index contributed by atoms with van der Waals surface area (Å²) in [5.74, 6) is 0. The lowest BCUT2D eigenvalue weighted by Gasteiger charge is -2.14. The van der Waals surface area contributed by atoms with Crippen molar-refractivity contribution in [2.45, 2.75) is 23.6 Å². The van der Waals surface area contributed by atoms with Crippen molar-refractivity contribution in [3.63, 3.8) is 0 Å². The third kappa shape index (κ3) is 3.87. The summed E-state index contributed by atoms with van der Waals surface area (Å²) in [7, 11) is -3.53. The maximum Gasteiger partial charge on any atom is 0.210 e. The van der Waals surface area contributed by atoms with Gasteiger partial charge in [0.1, 0.15) is 0 Å². The van der Waals surface area contributed by atoms with Crippen LogP contribution in [0.15, 0.2) is 34.1 Å². The van der Waals surface area contributed by atoms with E-state index in [2.05, 4.69) is 90.4 Å². The molecular weight excluding hydrogens is 740 g/mol. The van der Waals surface area contributed by atoms with Crippen LogP contribution in [0.5, 0.6) is 0 Å². The second-order valence-corrected chi connectivity index (χ2v) is 11.1. The molecule has 0 fully saturated rings. The van der Waals surface area contributed by atoms with Crippen molar-refractivity contribution in [1.82, 2.24) is 0 Å². The fraction of sp³-hybridized carbons (Fsp3) is 0.143. The molecule has 0 bridgehead atoms. The first kappa shape index (κ1) is 18.6. The molecule has 0 aliphatic rings. The molecule has 112 valence electrons. The van der Waals surface area contributed by atoms with E-state index >= 15 is 0 Å². The van der Waals surface area contributed by atoms with Gasteiger partial charge in [-0.25, -0.2) is 8.42 Å². The fourth-order valence-electron chi connectivity index (χ4n) is 1.99. The van der Waals surface area contributed by atoms with Crippen molar-refractivity contribution in [3.05, 3.63) is 49.7 Å². The van der Waals surface area contributed by atoms with Gasteiger partial charge in [0.15, 0.2) is 0 Å². The van der Waals surface area contributed by atoms with Gasteiger partial charge in [-0.1, -0.05) is 0 Å². The van der Waals surface area contributed by atoms with Crippen LogP contribution in [0.1, 0.15) is 11.1 Å². The average Bonchev–Trinajstić information content (AvgIpc) is 2.23. The highest BCUT2D eigenvalue weighted by atomic mass is 127. The molecular formula is C14H10I4O2S. The Morgan fingerprint density at radius 2 is 0.905 bits per heavy atom. The van der Waals surface area contributed by atoms with Gasteiger partial charge in [-0.05, 0) is 140 Å². The van der Waals surface area contributed by atoms with Crippen molar-refractivity contribution >= 4 is 100 Å². The molecule has 0 N–H and O–H groups in total. The van der Waals surface area contributed by atoms with Crippen LogP contribution in [0.25, 0.3) is 0 Å². The van der Waals surface area contributed by atoms with Crippen molar-refractivity contribution < 1.29 is 8.42 Å². The molecule has 0 aromatic heterocycles. The minimum absolute atomic E-state index is 0.411. The van der Waals surface area contributed by atoms with Crippen LogP contribution in [0.3, 0.4) is 0 Å². The highest BCUT2D eigenvalue weighted by molar-refractivity contribution is 14.1. The molecule has 0 atom stereocenters. The van der Waals surface area contributed by atoms with E-state index in [9.17, 15) is 8.42 Å². The smallest absolute Gasteiger partial charge is 0.210 e. The van der Waals surface area contributed by atoms with Crippen LogP contribution in [0.4, 0.5) is 0 Å². The minimum Gasteiger partial charge on any atom is -0.218 e. The lowest BCUT2D eigenvalue weighted by molar-refractivity contribution is 0.594. The summed E-state index contributed by atoms with van der Waals surface area (Å²) in [6, 6.07) is 7.63. The summed E-state index contributed by atoms with van der Waals surface area (Å²) < 4.78 is 29.3. The molecule has 0 saturated carbocycles. The molecule has 0 radical (unpaired) electrons. The molecule has 2 aromatic carbocycles. The van der Waals surface area contributed by atoms with E-state index in [1.807, 2.05) is 38.1 Å². The van der Waals surface area contributed by atoms with Crippen LogP contribution in [0.2, 0.25) is 0 Å². The van der Waals surface area contributed by atoms with Gasteiger partial charge in [-0.15, -0.1) is 0 Å². The number of hydrogen-bond donors (Lipinski definition) is 0. The van der Waals surface area contributed by atoms with E-state index in [0.29, 0.717) is 9.79 Å². The Morgan fingerprint density at radius 1 is 0.667 bits per heavy atom. The first-order valence-corrected chi connectivity index (χ1v) is 11.6. The number of aryl methyl sites for hydroxylation is 2. The molecule has 2 nitrogen and oxygen atoms in total. The average molecular weight is 750 g/mol. The monoisotopic (exact) mass is 750 g/mol. The lowest BCUT2D eigenvalue weighted by Crippen LogP contribution is -2.11. The summed E-state index contributed by atoms with van der Waals surface area (Å²) in [5, 5.41) is 0. The van der Waals surface area contributed by atoms with Crippen molar-refractivity contribution in [2.75, 3.05) is 0 Å². The second kappa shape index (κ2) is 7.05. The molecule has 0 unspecified atom stereocenters. The zero-order valence-corrected chi connectivity index (χ0v) is 20.5. The van der Waals surface area contributed by atoms with Crippen molar-refractivity contribution in [1.29, 1.82) is 0 Å². The van der Waals surface area contributed by atoms with E-state index < -0.39 is 9.84 Å². The lowest BCUT2D eigenvalue weighted by atomic mass is 10.2. The van der Waals surface area contributed by atoms with Crippen LogP contribution in [0, 0.1) is 28.1 Å². The van der Waals surface area contributed by atoms with Gasteiger partial charge in [-0.3, -0.25) is 0 Å². The molecule has 0 amide bonds. The maximum atomic E-state index is 13.1. The van der Waals surface area contributed by atoms with Gasteiger partial charge in [0.05, 0.1) is 9.79 Å². The Kier molecular flexibility index (Phi) is 6.26. The molecule has 2 aromatic rings. The van der Waals surface area contributed by atoms with E-state index in [0.717, 1.165) is 25.4 Å². The molecule has 0 spiro atoms. The van der Waals surface area contributed by atoms with Gasteiger partial charge in [-0.2, -0.15) is 0 Å². The van der Waals surface area contributed by atoms with Gasteiger partial charge in [0.2, 0.25) is 9.84 Å². The zero-order chi connectivity index (χ0) is 15.9. The van der Waals surface area contributed by atoms with Gasteiger partial charge >= 0.3 is 0 Å². The van der Waals surface area contributed by atoms with Crippen LogP contribution in [-0.2, 0) is 9.84 Å².